The molecule has 0 fully saturated rings. The van der Waals surface area contributed by atoms with Gasteiger partial charge in [-0.2, -0.15) is 0 Å². The molecule has 2 heteroatoms. The minimum Gasteiger partial charge on any atom is -0.370 e. The highest BCUT2D eigenvalue weighted by Gasteiger charge is 2.21. The molecule has 82 valence electrons. The highest BCUT2D eigenvalue weighted by Crippen LogP contribution is 2.29. The minimum atomic E-state index is 0.518. The van der Waals surface area contributed by atoms with E-state index in [4.69, 9.17) is 5.73 Å². The third-order valence-electron chi connectivity index (χ3n) is 3.50. The van der Waals surface area contributed by atoms with Crippen LogP contribution in [-0.2, 0) is 12.8 Å². The molecule has 2 rings (SSSR count). The summed E-state index contributed by atoms with van der Waals surface area (Å²) in [5, 5.41) is 0. The first-order valence-corrected chi connectivity index (χ1v) is 5.81. The predicted molar refractivity (Wildman–Crippen MR) is 65.4 cm³/mol. The summed E-state index contributed by atoms with van der Waals surface area (Å²) in [5.41, 5.74) is 10.1. The second kappa shape index (κ2) is 4.23. The van der Waals surface area contributed by atoms with Gasteiger partial charge in [-0.3, -0.25) is 0 Å². The molecule has 1 heterocycles. The first-order chi connectivity index (χ1) is 7.26. The molecule has 1 unspecified atom stereocenters. The van der Waals surface area contributed by atoms with Crippen LogP contribution in [0.1, 0.15) is 24.5 Å². The fourth-order valence-corrected chi connectivity index (χ4v) is 2.39. The van der Waals surface area contributed by atoms with Crippen molar-refractivity contribution in [3.8, 4) is 0 Å². The summed E-state index contributed by atoms with van der Waals surface area (Å²) in [6.45, 7) is 2.96. The standard InChI is InChI=1S/C13H20N2/c1-3-10-4-7-13-11(8-10)5-6-12(9-14)15(13)2/h4,7-8,12H,3,5-6,9,14H2,1-2H3. The number of fused-ring (bicyclic) bond motifs is 1. The third-order valence-corrected chi connectivity index (χ3v) is 3.50. The molecule has 2 nitrogen and oxygen atoms in total. The van der Waals surface area contributed by atoms with Crippen LogP contribution in [0.2, 0.25) is 0 Å². The van der Waals surface area contributed by atoms with Gasteiger partial charge in [-0.25, -0.2) is 0 Å². The molecular weight excluding hydrogens is 184 g/mol. The fraction of sp³-hybridized carbons (Fsp3) is 0.538. The maximum absolute atomic E-state index is 5.77. The predicted octanol–water partition coefficient (Wildman–Crippen LogP) is 1.96. The van der Waals surface area contributed by atoms with Gasteiger partial charge >= 0.3 is 0 Å². The van der Waals surface area contributed by atoms with Crippen molar-refractivity contribution >= 4 is 5.69 Å². The molecule has 1 aromatic rings. The van der Waals surface area contributed by atoms with E-state index in [1.165, 1.54) is 29.7 Å². The zero-order valence-corrected chi connectivity index (χ0v) is 9.66. The van der Waals surface area contributed by atoms with Crippen molar-refractivity contribution in [1.29, 1.82) is 0 Å². The summed E-state index contributed by atoms with van der Waals surface area (Å²) in [5.74, 6) is 0. The zero-order valence-electron chi connectivity index (χ0n) is 9.66. The van der Waals surface area contributed by atoms with Crippen LogP contribution in [0.3, 0.4) is 0 Å². The van der Waals surface area contributed by atoms with Gasteiger partial charge in [0.2, 0.25) is 0 Å². The molecule has 0 aliphatic carbocycles. The average Bonchev–Trinajstić information content (AvgIpc) is 2.29. The smallest absolute Gasteiger partial charge is 0.0412 e. The maximum Gasteiger partial charge on any atom is 0.0412 e. The van der Waals surface area contributed by atoms with E-state index in [0.717, 1.165) is 13.0 Å². The lowest BCUT2D eigenvalue weighted by atomic mass is 9.94. The lowest BCUT2D eigenvalue weighted by Gasteiger charge is -2.35. The molecule has 2 N–H and O–H groups in total. The Morgan fingerprint density at radius 1 is 1.47 bits per heavy atom. The molecule has 15 heavy (non-hydrogen) atoms. The van der Waals surface area contributed by atoms with Crippen molar-refractivity contribution in [2.24, 2.45) is 5.73 Å². The quantitative estimate of drug-likeness (QED) is 0.798. The highest BCUT2D eigenvalue weighted by atomic mass is 15.1. The van der Waals surface area contributed by atoms with Crippen LogP contribution in [0.25, 0.3) is 0 Å². The van der Waals surface area contributed by atoms with E-state index in [1.807, 2.05) is 0 Å². The van der Waals surface area contributed by atoms with E-state index >= 15 is 0 Å². The Labute approximate surface area is 92.1 Å². The summed E-state index contributed by atoms with van der Waals surface area (Å²) in [6, 6.07) is 7.34. The Kier molecular flexibility index (Phi) is 2.96. The summed E-state index contributed by atoms with van der Waals surface area (Å²) in [4.78, 5) is 2.33. The zero-order chi connectivity index (χ0) is 10.8. The van der Waals surface area contributed by atoms with Crippen LogP contribution < -0.4 is 10.6 Å². The molecule has 0 radical (unpaired) electrons. The Balaban J connectivity index is 2.33. The number of rotatable bonds is 2. The van der Waals surface area contributed by atoms with Crippen molar-refractivity contribution in [2.75, 3.05) is 18.5 Å². The molecule has 0 spiro atoms. The fourth-order valence-electron chi connectivity index (χ4n) is 2.39. The molecule has 0 amide bonds. The molecule has 0 saturated heterocycles. The SMILES string of the molecule is CCc1ccc2c(c1)CCC(CN)N2C. The van der Waals surface area contributed by atoms with Gasteiger partial charge < -0.3 is 10.6 Å². The molecule has 1 aliphatic rings. The van der Waals surface area contributed by atoms with Gasteiger partial charge in [0, 0.05) is 25.3 Å². The Hall–Kier alpha value is -1.02. The van der Waals surface area contributed by atoms with E-state index in [0.29, 0.717) is 6.04 Å². The van der Waals surface area contributed by atoms with E-state index in [1.54, 1.807) is 0 Å². The molecule has 0 aromatic heterocycles. The molecule has 1 aliphatic heterocycles. The molecule has 0 bridgehead atoms. The van der Waals surface area contributed by atoms with E-state index in [9.17, 15) is 0 Å². The van der Waals surface area contributed by atoms with E-state index < -0.39 is 0 Å². The van der Waals surface area contributed by atoms with E-state index in [-0.39, 0.29) is 0 Å². The second-order valence-electron chi connectivity index (χ2n) is 4.36. The van der Waals surface area contributed by atoms with E-state index in [2.05, 4.69) is 37.1 Å². The van der Waals surface area contributed by atoms with Crippen molar-refractivity contribution in [1.82, 2.24) is 0 Å². The van der Waals surface area contributed by atoms with Crippen LogP contribution in [0, 0.1) is 0 Å². The highest BCUT2D eigenvalue weighted by molar-refractivity contribution is 5.57. The number of benzene rings is 1. The van der Waals surface area contributed by atoms with Crippen LogP contribution in [0.15, 0.2) is 18.2 Å². The van der Waals surface area contributed by atoms with Crippen LogP contribution in [0.5, 0.6) is 0 Å². The van der Waals surface area contributed by atoms with Gasteiger partial charge in [0.15, 0.2) is 0 Å². The lowest BCUT2D eigenvalue weighted by Crippen LogP contribution is -2.41. The normalized spacial score (nSPS) is 20.2. The van der Waals surface area contributed by atoms with Gasteiger partial charge in [0.25, 0.3) is 0 Å². The molecule has 1 aromatic carbocycles. The largest absolute Gasteiger partial charge is 0.370 e. The monoisotopic (exact) mass is 204 g/mol. The Morgan fingerprint density at radius 2 is 2.27 bits per heavy atom. The van der Waals surface area contributed by atoms with Crippen molar-refractivity contribution in [3.63, 3.8) is 0 Å². The Bertz CT molecular complexity index is 346. The molecular formula is C13H20N2. The van der Waals surface area contributed by atoms with Crippen LogP contribution in [0.4, 0.5) is 5.69 Å². The van der Waals surface area contributed by atoms with Crippen molar-refractivity contribution in [2.45, 2.75) is 32.2 Å². The van der Waals surface area contributed by atoms with Crippen molar-refractivity contribution < 1.29 is 0 Å². The Morgan fingerprint density at radius 3 is 2.93 bits per heavy atom. The van der Waals surface area contributed by atoms with Gasteiger partial charge in [-0.05, 0) is 36.5 Å². The number of anilines is 1. The van der Waals surface area contributed by atoms with Gasteiger partial charge in [0.1, 0.15) is 0 Å². The topological polar surface area (TPSA) is 29.3 Å². The van der Waals surface area contributed by atoms with Crippen LogP contribution in [-0.4, -0.2) is 19.6 Å². The summed E-state index contributed by atoms with van der Waals surface area (Å²) >= 11 is 0. The number of aryl methyl sites for hydroxylation is 2. The summed E-state index contributed by atoms with van der Waals surface area (Å²) < 4.78 is 0. The number of hydrogen-bond donors (Lipinski definition) is 1. The third kappa shape index (κ3) is 1.86. The summed E-state index contributed by atoms with van der Waals surface area (Å²) in [6.07, 6.45) is 3.49. The van der Waals surface area contributed by atoms with Crippen LogP contribution >= 0.6 is 0 Å². The number of nitrogens with two attached hydrogens (primary N) is 1. The number of likely N-dealkylation sites (N-methyl/N-ethyl adjacent to an activating group) is 1. The first kappa shape index (κ1) is 10.5. The van der Waals surface area contributed by atoms with Crippen molar-refractivity contribution in [3.05, 3.63) is 29.3 Å². The maximum atomic E-state index is 5.77. The lowest BCUT2D eigenvalue weighted by molar-refractivity contribution is 0.564. The average molecular weight is 204 g/mol. The van der Waals surface area contributed by atoms with Gasteiger partial charge in [-0.1, -0.05) is 19.1 Å². The molecule has 0 saturated carbocycles. The number of hydrogen-bond acceptors (Lipinski definition) is 2. The van der Waals surface area contributed by atoms with Gasteiger partial charge in [0.05, 0.1) is 0 Å². The molecule has 1 atom stereocenters. The second-order valence-corrected chi connectivity index (χ2v) is 4.36. The summed E-state index contributed by atoms with van der Waals surface area (Å²) in [7, 11) is 2.15. The number of nitrogens with zero attached hydrogens (tertiary/aromatic N) is 1. The van der Waals surface area contributed by atoms with Gasteiger partial charge in [-0.15, -0.1) is 0 Å². The minimum absolute atomic E-state index is 0.518. The first-order valence-electron chi connectivity index (χ1n) is 5.81.